The number of halogens is 2. The Labute approximate surface area is 138 Å². The summed E-state index contributed by atoms with van der Waals surface area (Å²) in [5.74, 6) is 0. The minimum Gasteiger partial charge on any atom is -0.309 e. The van der Waals surface area contributed by atoms with Crippen molar-refractivity contribution in [3.05, 3.63) is 61.3 Å². The smallest absolute Gasteiger partial charge is 0.0761 e. The van der Waals surface area contributed by atoms with E-state index in [2.05, 4.69) is 72.5 Å². The summed E-state index contributed by atoms with van der Waals surface area (Å²) < 4.78 is 2.27. The standard InChI is InChI=1S/C15H12Br2N2S/c1-18-14(11-8-13(16)20-15(11)17)10-5-4-9-3-2-6-19-12(9)7-10/h2-8,14,18H,1H3. The predicted molar refractivity (Wildman–Crippen MR) is 92.4 cm³/mol. The lowest BCUT2D eigenvalue weighted by atomic mass is 10.00. The molecule has 2 nitrogen and oxygen atoms in total. The van der Waals surface area contributed by atoms with Crippen molar-refractivity contribution in [2.45, 2.75) is 6.04 Å². The van der Waals surface area contributed by atoms with Gasteiger partial charge in [-0.25, -0.2) is 0 Å². The van der Waals surface area contributed by atoms with E-state index in [9.17, 15) is 0 Å². The number of aromatic nitrogens is 1. The fourth-order valence-electron chi connectivity index (χ4n) is 2.31. The van der Waals surface area contributed by atoms with Gasteiger partial charge in [-0.2, -0.15) is 0 Å². The van der Waals surface area contributed by atoms with Crippen LogP contribution in [0, 0.1) is 0 Å². The molecule has 2 aromatic heterocycles. The Morgan fingerprint density at radius 2 is 2.05 bits per heavy atom. The van der Waals surface area contributed by atoms with Crippen molar-refractivity contribution < 1.29 is 0 Å². The topological polar surface area (TPSA) is 24.9 Å². The first kappa shape index (κ1) is 14.2. The summed E-state index contributed by atoms with van der Waals surface area (Å²) in [7, 11) is 1.98. The summed E-state index contributed by atoms with van der Waals surface area (Å²) in [5.41, 5.74) is 3.47. The lowest BCUT2D eigenvalue weighted by Gasteiger charge is -2.16. The van der Waals surface area contributed by atoms with Crippen LogP contribution in [-0.2, 0) is 0 Å². The van der Waals surface area contributed by atoms with Crippen LogP contribution >= 0.6 is 43.2 Å². The predicted octanol–water partition coefficient (Wildman–Crippen LogP) is 5.13. The number of nitrogens with one attached hydrogen (secondary N) is 1. The average Bonchev–Trinajstić information content (AvgIpc) is 2.78. The van der Waals surface area contributed by atoms with Crippen LogP contribution in [0.5, 0.6) is 0 Å². The molecule has 0 aliphatic rings. The highest BCUT2D eigenvalue weighted by Gasteiger charge is 2.18. The molecule has 0 spiro atoms. The van der Waals surface area contributed by atoms with Gasteiger partial charge in [0.1, 0.15) is 0 Å². The molecule has 1 atom stereocenters. The van der Waals surface area contributed by atoms with Crippen LogP contribution in [0.4, 0.5) is 0 Å². The molecule has 1 unspecified atom stereocenters. The maximum Gasteiger partial charge on any atom is 0.0761 e. The van der Waals surface area contributed by atoms with Gasteiger partial charge < -0.3 is 5.32 Å². The van der Waals surface area contributed by atoms with Crippen molar-refractivity contribution in [2.24, 2.45) is 0 Å². The largest absolute Gasteiger partial charge is 0.309 e. The van der Waals surface area contributed by atoms with Gasteiger partial charge in [0.15, 0.2) is 0 Å². The quantitative estimate of drug-likeness (QED) is 0.646. The van der Waals surface area contributed by atoms with Gasteiger partial charge >= 0.3 is 0 Å². The highest BCUT2D eigenvalue weighted by molar-refractivity contribution is 9.12. The van der Waals surface area contributed by atoms with Crippen LogP contribution in [0.15, 0.2) is 50.2 Å². The maximum absolute atomic E-state index is 4.43. The molecular formula is C15H12Br2N2S. The van der Waals surface area contributed by atoms with E-state index in [1.165, 1.54) is 11.1 Å². The second-order valence-electron chi connectivity index (χ2n) is 4.46. The molecule has 0 bridgehead atoms. The molecule has 0 aliphatic heterocycles. The van der Waals surface area contributed by atoms with E-state index in [0.29, 0.717) is 0 Å². The van der Waals surface area contributed by atoms with Gasteiger partial charge in [-0.05, 0) is 68.2 Å². The average molecular weight is 412 g/mol. The van der Waals surface area contributed by atoms with Gasteiger partial charge in [0.2, 0.25) is 0 Å². The third-order valence-corrected chi connectivity index (χ3v) is 5.63. The van der Waals surface area contributed by atoms with Gasteiger partial charge in [-0.3, -0.25) is 4.98 Å². The second kappa shape index (κ2) is 5.93. The first-order chi connectivity index (χ1) is 9.69. The first-order valence-corrected chi connectivity index (χ1v) is 8.56. The Morgan fingerprint density at radius 3 is 2.75 bits per heavy atom. The third kappa shape index (κ3) is 2.68. The lowest BCUT2D eigenvalue weighted by Crippen LogP contribution is -2.17. The molecule has 20 heavy (non-hydrogen) atoms. The number of hydrogen-bond donors (Lipinski definition) is 1. The van der Waals surface area contributed by atoms with Gasteiger partial charge in [-0.15, -0.1) is 11.3 Å². The number of hydrogen-bond acceptors (Lipinski definition) is 3. The number of pyridine rings is 1. The summed E-state index contributed by atoms with van der Waals surface area (Å²) in [6, 6.07) is 12.8. The SMILES string of the molecule is CNC(c1ccc2cccnc2c1)c1cc(Br)sc1Br. The molecule has 3 rings (SSSR count). The van der Waals surface area contributed by atoms with Gasteiger partial charge in [-0.1, -0.05) is 18.2 Å². The van der Waals surface area contributed by atoms with E-state index in [-0.39, 0.29) is 6.04 Å². The van der Waals surface area contributed by atoms with Crippen LogP contribution < -0.4 is 5.32 Å². The lowest BCUT2D eigenvalue weighted by molar-refractivity contribution is 0.692. The van der Waals surface area contributed by atoms with Crippen molar-refractivity contribution >= 4 is 54.1 Å². The van der Waals surface area contributed by atoms with Crippen LogP contribution in [-0.4, -0.2) is 12.0 Å². The minimum atomic E-state index is 0.151. The summed E-state index contributed by atoms with van der Waals surface area (Å²) >= 11 is 8.87. The summed E-state index contributed by atoms with van der Waals surface area (Å²) in [5, 5.41) is 4.55. The number of nitrogens with zero attached hydrogens (tertiary/aromatic N) is 1. The van der Waals surface area contributed by atoms with E-state index < -0.39 is 0 Å². The Morgan fingerprint density at radius 1 is 1.20 bits per heavy atom. The normalized spacial score (nSPS) is 12.8. The minimum absolute atomic E-state index is 0.151. The molecule has 0 fully saturated rings. The fraction of sp³-hybridized carbons (Fsp3) is 0.133. The first-order valence-electron chi connectivity index (χ1n) is 6.15. The Kier molecular flexibility index (Phi) is 4.21. The van der Waals surface area contributed by atoms with Gasteiger partial charge in [0.25, 0.3) is 0 Å². The van der Waals surface area contributed by atoms with Crippen LogP contribution in [0.2, 0.25) is 0 Å². The molecule has 1 N–H and O–H groups in total. The number of fused-ring (bicyclic) bond motifs is 1. The monoisotopic (exact) mass is 410 g/mol. The number of thiophene rings is 1. The zero-order valence-corrected chi connectivity index (χ0v) is 14.7. The van der Waals surface area contributed by atoms with E-state index >= 15 is 0 Å². The third-order valence-electron chi connectivity index (χ3n) is 3.25. The fourth-order valence-corrected chi connectivity index (χ4v) is 5.22. The number of rotatable bonds is 3. The van der Waals surface area contributed by atoms with Crippen molar-refractivity contribution in [1.82, 2.24) is 10.3 Å². The van der Waals surface area contributed by atoms with Crippen LogP contribution in [0.1, 0.15) is 17.2 Å². The highest BCUT2D eigenvalue weighted by Crippen LogP contribution is 2.38. The molecule has 3 aromatic rings. The van der Waals surface area contributed by atoms with Gasteiger partial charge in [0.05, 0.1) is 19.1 Å². The second-order valence-corrected chi connectivity index (χ2v) is 8.21. The van der Waals surface area contributed by atoms with Crippen molar-refractivity contribution in [3.8, 4) is 0 Å². The molecule has 0 saturated carbocycles. The summed E-state index contributed by atoms with van der Waals surface area (Å²) in [6.07, 6.45) is 1.83. The summed E-state index contributed by atoms with van der Waals surface area (Å²) in [6.45, 7) is 0. The molecule has 0 aliphatic carbocycles. The molecule has 0 amide bonds. The Hall–Kier alpha value is -0.750. The van der Waals surface area contributed by atoms with Crippen LogP contribution in [0.25, 0.3) is 10.9 Å². The van der Waals surface area contributed by atoms with E-state index in [1.54, 1.807) is 11.3 Å². The molecular weight excluding hydrogens is 400 g/mol. The highest BCUT2D eigenvalue weighted by atomic mass is 79.9. The zero-order chi connectivity index (χ0) is 14.1. The Balaban J connectivity index is 2.09. The molecule has 2 heterocycles. The molecule has 0 radical (unpaired) electrons. The molecule has 0 saturated heterocycles. The van der Waals surface area contributed by atoms with E-state index in [4.69, 9.17) is 0 Å². The number of benzene rings is 1. The molecule has 5 heteroatoms. The van der Waals surface area contributed by atoms with Gasteiger partial charge in [0, 0.05) is 11.6 Å². The summed E-state index contributed by atoms with van der Waals surface area (Å²) in [4.78, 5) is 4.43. The molecule has 102 valence electrons. The van der Waals surface area contributed by atoms with Crippen molar-refractivity contribution in [1.29, 1.82) is 0 Å². The van der Waals surface area contributed by atoms with E-state index in [0.717, 1.165) is 18.5 Å². The van der Waals surface area contributed by atoms with Crippen molar-refractivity contribution in [2.75, 3.05) is 7.05 Å². The Bertz CT molecular complexity index is 754. The van der Waals surface area contributed by atoms with E-state index in [1.807, 2.05) is 19.3 Å². The van der Waals surface area contributed by atoms with Crippen molar-refractivity contribution in [3.63, 3.8) is 0 Å². The zero-order valence-electron chi connectivity index (χ0n) is 10.7. The van der Waals surface area contributed by atoms with Crippen LogP contribution in [0.3, 0.4) is 0 Å². The maximum atomic E-state index is 4.43. The molecule has 1 aromatic carbocycles.